The van der Waals surface area contributed by atoms with E-state index in [0.29, 0.717) is 23.7 Å². The summed E-state index contributed by atoms with van der Waals surface area (Å²) < 4.78 is 0. The van der Waals surface area contributed by atoms with Gasteiger partial charge in [-0.3, -0.25) is 0 Å². The molecule has 1 aliphatic rings. The predicted octanol–water partition coefficient (Wildman–Crippen LogP) is 2.07. The molecule has 16 heavy (non-hydrogen) atoms. The molecule has 0 aliphatic heterocycles. The first-order valence-corrected chi connectivity index (χ1v) is 6.15. The molecule has 94 valence electrons. The van der Waals surface area contributed by atoms with E-state index in [2.05, 4.69) is 31.2 Å². The van der Waals surface area contributed by atoms with E-state index in [1.807, 2.05) is 0 Å². The van der Waals surface area contributed by atoms with Gasteiger partial charge in [-0.15, -0.1) is 0 Å². The summed E-state index contributed by atoms with van der Waals surface area (Å²) in [6.07, 6.45) is 5.67. The normalized spacial score (nSPS) is 27.7. The van der Waals surface area contributed by atoms with E-state index < -0.39 is 0 Å². The number of nitrogens with one attached hydrogen (secondary N) is 1. The number of hydrogen-bond acceptors (Lipinski definition) is 3. The van der Waals surface area contributed by atoms with Gasteiger partial charge in [0.05, 0.1) is 0 Å². The summed E-state index contributed by atoms with van der Waals surface area (Å²) in [5.41, 5.74) is 5.94. The standard InChI is InChI=1S/C12H25N3O/c1-9(7-11(13)15-16)14-10-5-4-6-12(2,3)8-10/h9-10,14,16H,4-8H2,1-3H3,(H2,13,15). The van der Waals surface area contributed by atoms with Crippen molar-refractivity contribution in [3.8, 4) is 0 Å². The molecule has 4 N–H and O–H groups in total. The molecular formula is C12H25N3O. The fourth-order valence-corrected chi connectivity index (χ4v) is 2.66. The van der Waals surface area contributed by atoms with Crippen molar-refractivity contribution in [2.24, 2.45) is 16.3 Å². The minimum Gasteiger partial charge on any atom is -0.409 e. The van der Waals surface area contributed by atoms with Gasteiger partial charge in [-0.25, -0.2) is 0 Å². The molecule has 1 rings (SSSR count). The van der Waals surface area contributed by atoms with Crippen molar-refractivity contribution >= 4 is 5.84 Å². The van der Waals surface area contributed by atoms with Gasteiger partial charge in [0, 0.05) is 18.5 Å². The Balaban J connectivity index is 2.36. The Morgan fingerprint density at radius 3 is 2.88 bits per heavy atom. The second-order valence-electron chi connectivity index (χ2n) is 5.82. The fraction of sp³-hybridized carbons (Fsp3) is 0.917. The highest BCUT2D eigenvalue weighted by molar-refractivity contribution is 5.80. The Morgan fingerprint density at radius 1 is 1.62 bits per heavy atom. The molecule has 2 unspecified atom stereocenters. The lowest BCUT2D eigenvalue weighted by molar-refractivity contribution is 0.191. The number of rotatable bonds is 4. The van der Waals surface area contributed by atoms with Gasteiger partial charge in [0.25, 0.3) is 0 Å². The molecule has 1 saturated carbocycles. The summed E-state index contributed by atoms with van der Waals surface area (Å²) in [5.74, 6) is 0.301. The molecule has 0 aromatic carbocycles. The molecular weight excluding hydrogens is 202 g/mol. The van der Waals surface area contributed by atoms with Crippen LogP contribution in [0.15, 0.2) is 5.16 Å². The van der Waals surface area contributed by atoms with Crippen LogP contribution in [0.1, 0.15) is 52.9 Å². The first-order chi connectivity index (χ1) is 7.43. The van der Waals surface area contributed by atoms with Gasteiger partial charge in [-0.2, -0.15) is 0 Å². The first kappa shape index (κ1) is 13.3. The minimum absolute atomic E-state index is 0.273. The molecule has 0 aromatic heterocycles. The highest BCUT2D eigenvalue weighted by atomic mass is 16.4. The van der Waals surface area contributed by atoms with Gasteiger partial charge >= 0.3 is 0 Å². The Bertz CT molecular complexity index is 251. The number of nitrogens with two attached hydrogens (primary N) is 1. The molecule has 0 heterocycles. The van der Waals surface area contributed by atoms with E-state index in [4.69, 9.17) is 10.9 Å². The summed E-state index contributed by atoms with van der Waals surface area (Å²) >= 11 is 0. The van der Waals surface area contributed by atoms with E-state index in [1.165, 1.54) is 25.7 Å². The van der Waals surface area contributed by atoms with Crippen molar-refractivity contribution in [2.45, 2.75) is 65.0 Å². The maximum atomic E-state index is 8.51. The zero-order valence-electron chi connectivity index (χ0n) is 10.7. The predicted molar refractivity (Wildman–Crippen MR) is 66.7 cm³/mol. The van der Waals surface area contributed by atoms with Crippen LogP contribution in [-0.2, 0) is 0 Å². The Hall–Kier alpha value is -0.770. The molecule has 4 nitrogen and oxygen atoms in total. The number of oxime groups is 1. The third-order valence-corrected chi connectivity index (χ3v) is 3.37. The molecule has 2 atom stereocenters. The largest absolute Gasteiger partial charge is 0.409 e. The summed E-state index contributed by atoms with van der Waals surface area (Å²) in [5, 5.41) is 15.1. The first-order valence-electron chi connectivity index (χ1n) is 6.15. The molecule has 1 aliphatic carbocycles. The third kappa shape index (κ3) is 4.39. The van der Waals surface area contributed by atoms with Crippen LogP contribution in [0.5, 0.6) is 0 Å². The zero-order valence-corrected chi connectivity index (χ0v) is 10.7. The molecule has 0 radical (unpaired) electrons. The minimum atomic E-state index is 0.273. The number of nitrogens with zero attached hydrogens (tertiary/aromatic N) is 1. The molecule has 4 heteroatoms. The van der Waals surface area contributed by atoms with Gasteiger partial charge < -0.3 is 16.3 Å². The Labute approximate surface area is 98.3 Å². The summed E-state index contributed by atoms with van der Waals surface area (Å²) in [4.78, 5) is 0. The van der Waals surface area contributed by atoms with Gasteiger partial charge in [-0.1, -0.05) is 25.4 Å². The van der Waals surface area contributed by atoms with Crippen LogP contribution in [0, 0.1) is 5.41 Å². The van der Waals surface area contributed by atoms with Gasteiger partial charge in [-0.05, 0) is 31.6 Å². The van der Waals surface area contributed by atoms with Gasteiger partial charge in [0.15, 0.2) is 0 Å². The van der Waals surface area contributed by atoms with Gasteiger partial charge in [0.1, 0.15) is 5.84 Å². The molecule has 0 bridgehead atoms. The lowest BCUT2D eigenvalue weighted by Crippen LogP contribution is -2.43. The lowest BCUT2D eigenvalue weighted by Gasteiger charge is -2.37. The second kappa shape index (κ2) is 5.53. The quantitative estimate of drug-likeness (QED) is 0.298. The van der Waals surface area contributed by atoms with Crippen molar-refractivity contribution in [1.29, 1.82) is 0 Å². The van der Waals surface area contributed by atoms with Crippen LogP contribution in [0.25, 0.3) is 0 Å². The molecule has 0 saturated heterocycles. The van der Waals surface area contributed by atoms with E-state index in [9.17, 15) is 0 Å². The van der Waals surface area contributed by atoms with E-state index in [-0.39, 0.29) is 6.04 Å². The fourth-order valence-electron chi connectivity index (χ4n) is 2.66. The average molecular weight is 227 g/mol. The average Bonchev–Trinajstić information content (AvgIpc) is 2.15. The summed E-state index contributed by atoms with van der Waals surface area (Å²) in [7, 11) is 0. The number of amidine groups is 1. The van der Waals surface area contributed by atoms with Crippen molar-refractivity contribution in [2.75, 3.05) is 0 Å². The smallest absolute Gasteiger partial charge is 0.140 e. The lowest BCUT2D eigenvalue weighted by atomic mass is 9.75. The van der Waals surface area contributed by atoms with E-state index >= 15 is 0 Å². The van der Waals surface area contributed by atoms with E-state index in [1.54, 1.807) is 0 Å². The molecule has 0 spiro atoms. The second-order valence-corrected chi connectivity index (χ2v) is 5.82. The third-order valence-electron chi connectivity index (χ3n) is 3.37. The topological polar surface area (TPSA) is 70.6 Å². The number of hydrogen-bond donors (Lipinski definition) is 3. The van der Waals surface area contributed by atoms with Gasteiger partial charge in [0.2, 0.25) is 0 Å². The van der Waals surface area contributed by atoms with Crippen LogP contribution in [0.4, 0.5) is 0 Å². The molecule has 0 amide bonds. The maximum Gasteiger partial charge on any atom is 0.140 e. The van der Waals surface area contributed by atoms with Crippen molar-refractivity contribution in [3.63, 3.8) is 0 Å². The summed E-state index contributed by atoms with van der Waals surface area (Å²) in [6.45, 7) is 6.74. The monoisotopic (exact) mass is 227 g/mol. The van der Waals surface area contributed by atoms with Crippen LogP contribution in [-0.4, -0.2) is 23.1 Å². The van der Waals surface area contributed by atoms with Crippen molar-refractivity contribution in [1.82, 2.24) is 5.32 Å². The van der Waals surface area contributed by atoms with Crippen LogP contribution in [0.3, 0.4) is 0 Å². The van der Waals surface area contributed by atoms with E-state index in [0.717, 1.165) is 0 Å². The van der Waals surface area contributed by atoms with Crippen LogP contribution >= 0.6 is 0 Å². The van der Waals surface area contributed by atoms with Crippen molar-refractivity contribution < 1.29 is 5.21 Å². The van der Waals surface area contributed by atoms with Crippen LogP contribution in [0.2, 0.25) is 0 Å². The molecule has 0 aromatic rings. The zero-order chi connectivity index (χ0) is 12.2. The van der Waals surface area contributed by atoms with Crippen LogP contribution < -0.4 is 11.1 Å². The Kier molecular flexibility index (Phi) is 4.59. The molecule has 1 fully saturated rings. The highest BCUT2D eigenvalue weighted by Gasteiger charge is 2.28. The highest BCUT2D eigenvalue weighted by Crippen LogP contribution is 2.35. The SMILES string of the molecule is CC(CC(N)=NO)NC1CCCC(C)(C)C1. The maximum absolute atomic E-state index is 8.51. The Morgan fingerprint density at radius 2 is 2.31 bits per heavy atom. The summed E-state index contributed by atoms with van der Waals surface area (Å²) in [6, 6.07) is 0.847. The van der Waals surface area contributed by atoms with Crippen molar-refractivity contribution in [3.05, 3.63) is 0 Å².